The third kappa shape index (κ3) is 3.58. The first-order valence-electron chi connectivity index (χ1n) is 6.53. The second kappa shape index (κ2) is 5.89. The van der Waals surface area contributed by atoms with E-state index in [0.717, 1.165) is 22.4 Å². The van der Waals surface area contributed by atoms with Crippen LogP contribution in [0.15, 0.2) is 42.5 Å². The molecule has 0 heterocycles. The molecule has 2 nitrogen and oxygen atoms in total. The number of ether oxygens (including phenoxy) is 1. The maximum atomic E-state index is 9.75. The van der Waals surface area contributed by atoms with Gasteiger partial charge in [0.1, 0.15) is 12.4 Å². The molecule has 2 heteroatoms. The normalized spacial score (nSPS) is 12.2. The molecular weight excluding hydrogens is 236 g/mol. The Bertz CT molecular complexity index is 542. The van der Waals surface area contributed by atoms with Gasteiger partial charge < -0.3 is 9.84 Å². The number of benzene rings is 2. The lowest BCUT2D eigenvalue weighted by atomic mass is 10.1. The topological polar surface area (TPSA) is 29.5 Å². The molecule has 0 aliphatic heterocycles. The highest BCUT2D eigenvalue weighted by Crippen LogP contribution is 2.27. The number of hydrogen-bond acceptors (Lipinski definition) is 2. The lowest BCUT2D eigenvalue weighted by Gasteiger charge is -2.14. The van der Waals surface area contributed by atoms with E-state index in [-0.39, 0.29) is 0 Å². The summed E-state index contributed by atoms with van der Waals surface area (Å²) in [6.07, 6.45) is -0.520. The average Bonchev–Trinajstić information content (AvgIpc) is 2.38. The predicted molar refractivity (Wildman–Crippen MR) is 77.3 cm³/mol. The molecule has 2 aromatic rings. The molecule has 0 aliphatic rings. The van der Waals surface area contributed by atoms with Gasteiger partial charge in [-0.05, 0) is 38.0 Å². The number of hydrogen-bond donors (Lipinski definition) is 1. The molecule has 0 fully saturated rings. The van der Waals surface area contributed by atoms with Crippen molar-refractivity contribution in [3.8, 4) is 5.75 Å². The van der Waals surface area contributed by atoms with Crippen LogP contribution >= 0.6 is 0 Å². The zero-order valence-electron chi connectivity index (χ0n) is 11.7. The number of aliphatic hydroxyl groups is 1. The summed E-state index contributed by atoms with van der Waals surface area (Å²) >= 11 is 0. The minimum absolute atomic E-state index is 0.517. The van der Waals surface area contributed by atoms with Crippen LogP contribution in [0.4, 0.5) is 0 Å². The maximum Gasteiger partial charge on any atom is 0.125 e. The van der Waals surface area contributed by atoms with Crippen LogP contribution < -0.4 is 4.74 Å². The fourth-order valence-electron chi connectivity index (χ4n) is 1.96. The quantitative estimate of drug-likeness (QED) is 0.898. The summed E-state index contributed by atoms with van der Waals surface area (Å²) < 4.78 is 5.85. The zero-order chi connectivity index (χ0) is 13.8. The largest absolute Gasteiger partial charge is 0.489 e. The van der Waals surface area contributed by atoms with Gasteiger partial charge in [0.25, 0.3) is 0 Å². The van der Waals surface area contributed by atoms with Crippen molar-refractivity contribution in [3.05, 3.63) is 64.7 Å². The molecule has 1 atom stereocenters. The van der Waals surface area contributed by atoms with E-state index >= 15 is 0 Å². The third-order valence-corrected chi connectivity index (χ3v) is 3.13. The highest BCUT2D eigenvalue weighted by Gasteiger charge is 2.09. The summed E-state index contributed by atoms with van der Waals surface area (Å²) in [5.41, 5.74) is 4.33. The monoisotopic (exact) mass is 256 g/mol. The molecule has 1 unspecified atom stereocenters. The Morgan fingerprint density at radius 1 is 1.00 bits per heavy atom. The first-order chi connectivity index (χ1) is 9.06. The second-order valence-corrected chi connectivity index (χ2v) is 4.99. The van der Waals surface area contributed by atoms with Crippen LogP contribution in [0.5, 0.6) is 5.75 Å². The third-order valence-electron chi connectivity index (χ3n) is 3.13. The Kier molecular flexibility index (Phi) is 4.23. The van der Waals surface area contributed by atoms with Gasteiger partial charge in [-0.15, -0.1) is 0 Å². The van der Waals surface area contributed by atoms with Crippen molar-refractivity contribution in [1.29, 1.82) is 0 Å². The van der Waals surface area contributed by atoms with E-state index < -0.39 is 6.10 Å². The summed E-state index contributed by atoms with van der Waals surface area (Å²) in [7, 11) is 0. The van der Waals surface area contributed by atoms with Gasteiger partial charge in [-0.25, -0.2) is 0 Å². The average molecular weight is 256 g/mol. The van der Waals surface area contributed by atoms with E-state index in [1.54, 1.807) is 6.92 Å². The van der Waals surface area contributed by atoms with Crippen molar-refractivity contribution in [2.24, 2.45) is 0 Å². The van der Waals surface area contributed by atoms with E-state index in [9.17, 15) is 5.11 Å². The van der Waals surface area contributed by atoms with Gasteiger partial charge in [0.05, 0.1) is 6.10 Å². The lowest BCUT2D eigenvalue weighted by molar-refractivity contribution is 0.190. The molecule has 100 valence electrons. The number of rotatable bonds is 4. The van der Waals surface area contributed by atoms with Crippen molar-refractivity contribution in [3.63, 3.8) is 0 Å². The van der Waals surface area contributed by atoms with Crippen LogP contribution in [0.25, 0.3) is 0 Å². The molecule has 0 spiro atoms. The standard InChI is InChI=1S/C17H20O2/c1-12-4-7-15(8-5-12)11-19-17-10-13(2)6-9-16(17)14(3)18/h4-10,14,18H,11H2,1-3H3. The van der Waals surface area contributed by atoms with E-state index in [1.807, 2.05) is 25.1 Å². The van der Waals surface area contributed by atoms with Crippen LogP contribution in [0, 0.1) is 13.8 Å². The number of aryl methyl sites for hydroxylation is 2. The molecule has 0 saturated heterocycles. The van der Waals surface area contributed by atoms with Crippen molar-refractivity contribution < 1.29 is 9.84 Å². The van der Waals surface area contributed by atoms with Gasteiger partial charge in [0.2, 0.25) is 0 Å². The van der Waals surface area contributed by atoms with Crippen molar-refractivity contribution in [2.45, 2.75) is 33.5 Å². The minimum atomic E-state index is -0.520. The second-order valence-electron chi connectivity index (χ2n) is 4.99. The van der Waals surface area contributed by atoms with Crippen LogP contribution in [0.2, 0.25) is 0 Å². The molecular formula is C17H20O2. The predicted octanol–water partition coefficient (Wildman–Crippen LogP) is 3.94. The molecule has 19 heavy (non-hydrogen) atoms. The molecule has 0 bridgehead atoms. The van der Waals surface area contributed by atoms with Gasteiger partial charge >= 0.3 is 0 Å². The summed E-state index contributed by atoms with van der Waals surface area (Å²) in [6.45, 7) is 6.36. The highest BCUT2D eigenvalue weighted by atomic mass is 16.5. The molecule has 0 amide bonds. The molecule has 1 N–H and O–H groups in total. The summed E-state index contributed by atoms with van der Waals surface area (Å²) in [5.74, 6) is 0.760. The molecule has 2 rings (SSSR count). The molecule has 0 aromatic heterocycles. The lowest BCUT2D eigenvalue weighted by Crippen LogP contribution is -2.01. The highest BCUT2D eigenvalue weighted by molar-refractivity contribution is 5.38. The minimum Gasteiger partial charge on any atom is -0.489 e. The van der Waals surface area contributed by atoms with Crippen LogP contribution in [0.3, 0.4) is 0 Å². The number of aliphatic hydroxyl groups excluding tert-OH is 1. The summed E-state index contributed by atoms with van der Waals surface area (Å²) in [5, 5.41) is 9.75. The van der Waals surface area contributed by atoms with Crippen molar-refractivity contribution >= 4 is 0 Å². The van der Waals surface area contributed by atoms with E-state index in [0.29, 0.717) is 6.61 Å². The molecule has 0 aliphatic carbocycles. The van der Waals surface area contributed by atoms with Crippen LogP contribution in [0.1, 0.15) is 35.3 Å². The van der Waals surface area contributed by atoms with Gasteiger partial charge in [-0.2, -0.15) is 0 Å². The van der Waals surface area contributed by atoms with Gasteiger partial charge in [-0.1, -0.05) is 42.0 Å². The summed E-state index contributed by atoms with van der Waals surface area (Å²) in [4.78, 5) is 0. The SMILES string of the molecule is Cc1ccc(COc2cc(C)ccc2C(C)O)cc1. The first-order valence-corrected chi connectivity index (χ1v) is 6.53. The Morgan fingerprint density at radius 3 is 2.26 bits per heavy atom. The van der Waals surface area contributed by atoms with Crippen molar-refractivity contribution in [2.75, 3.05) is 0 Å². The fraction of sp³-hybridized carbons (Fsp3) is 0.294. The molecule has 2 aromatic carbocycles. The van der Waals surface area contributed by atoms with Gasteiger partial charge in [0, 0.05) is 5.56 Å². The van der Waals surface area contributed by atoms with Gasteiger partial charge in [-0.3, -0.25) is 0 Å². The van der Waals surface area contributed by atoms with E-state index in [4.69, 9.17) is 4.74 Å². The Hall–Kier alpha value is -1.80. The van der Waals surface area contributed by atoms with E-state index in [2.05, 4.69) is 31.2 Å². The smallest absolute Gasteiger partial charge is 0.125 e. The zero-order valence-corrected chi connectivity index (χ0v) is 11.7. The molecule has 0 radical (unpaired) electrons. The Labute approximate surface area is 114 Å². The van der Waals surface area contributed by atoms with Crippen LogP contribution in [-0.4, -0.2) is 5.11 Å². The van der Waals surface area contributed by atoms with E-state index in [1.165, 1.54) is 5.56 Å². The fourth-order valence-corrected chi connectivity index (χ4v) is 1.96. The Morgan fingerprint density at radius 2 is 1.63 bits per heavy atom. The van der Waals surface area contributed by atoms with Crippen LogP contribution in [-0.2, 0) is 6.61 Å². The maximum absolute atomic E-state index is 9.75. The summed E-state index contributed by atoms with van der Waals surface area (Å²) in [6, 6.07) is 14.1. The Balaban J connectivity index is 2.14. The first kappa shape index (κ1) is 13.6. The molecule has 0 saturated carbocycles. The van der Waals surface area contributed by atoms with Crippen molar-refractivity contribution in [1.82, 2.24) is 0 Å². The van der Waals surface area contributed by atoms with Gasteiger partial charge in [0.15, 0.2) is 0 Å².